The highest BCUT2D eigenvalue weighted by Crippen LogP contribution is 2.49. The molecule has 2 fully saturated rings. The van der Waals surface area contributed by atoms with Crippen LogP contribution in [0.5, 0.6) is 0 Å². The summed E-state index contributed by atoms with van der Waals surface area (Å²) in [4.78, 5) is 14.9. The molecule has 114 valence electrons. The molecule has 3 heteroatoms. The maximum Gasteiger partial charge on any atom is 0.316 e. The molecule has 1 aliphatic heterocycles. The molecule has 0 amide bonds. The summed E-state index contributed by atoms with van der Waals surface area (Å²) in [5.41, 5.74) is 0.725. The highest BCUT2D eigenvalue weighted by molar-refractivity contribution is 5.84. The first-order valence-corrected chi connectivity index (χ1v) is 8.11. The maximum atomic E-state index is 12.3. The summed E-state index contributed by atoms with van der Waals surface area (Å²) in [5.74, 6) is 0.561. The number of esters is 1. The van der Waals surface area contributed by atoms with Crippen LogP contribution in [0.2, 0.25) is 0 Å². The minimum absolute atomic E-state index is 0.0661. The number of methoxy groups -OCH3 is 1. The fourth-order valence-electron chi connectivity index (χ4n) is 4.03. The van der Waals surface area contributed by atoms with Crippen molar-refractivity contribution >= 4 is 5.97 Å². The normalized spacial score (nSPS) is 29.7. The van der Waals surface area contributed by atoms with E-state index in [0.717, 1.165) is 24.9 Å². The number of carbonyl (C=O) groups excluding carboxylic acids is 1. The van der Waals surface area contributed by atoms with Crippen LogP contribution in [0.3, 0.4) is 0 Å². The summed E-state index contributed by atoms with van der Waals surface area (Å²) in [7, 11) is 1.50. The number of rotatable bonds is 4. The van der Waals surface area contributed by atoms with E-state index < -0.39 is 5.41 Å². The molecule has 1 heterocycles. The third-order valence-corrected chi connectivity index (χ3v) is 5.14. The molecular weight excluding hydrogens is 262 g/mol. The second-order valence-electron chi connectivity index (χ2n) is 6.58. The molecule has 1 aromatic rings. The van der Waals surface area contributed by atoms with Gasteiger partial charge in [0.2, 0.25) is 0 Å². The molecule has 1 saturated carbocycles. The van der Waals surface area contributed by atoms with Gasteiger partial charge in [0.15, 0.2) is 0 Å². The molecule has 3 rings (SSSR count). The van der Waals surface area contributed by atoms with Gasteiger partial charge in [-0.05, 0) is 50.3 Å². The zero-order valence-electron chi connectivity index (χ0n) is 12.9. The van der Waals surface area contributed by atoms with Crippen molar-refractivity contribution in [3.8, 4) is 0 Å². The highest BCUT2D eigenvalue weighted by atomic mass is 16.5. The molecule has 2 aliphatic rings. The first-order valence-electron chi connectivity index (χ1n) is 8.11. The molecule has 3 nitrogen and oxygen atoms in total. The lowest BCUT2D eigenvalue weighted by Gasteiger charge is -2.47. The summed E-state index contributed by atoms with van der Waals surface area (Å²) in [6.45, 7) is 3.60. The van der Waals surface area contributed by atoms with Crippen molar-refractivity contribution in [3.63, 3.8) is 0 Å². The monoisotopic (exact) mass is 287 g/mol. The average molecular weight is 287 g/mol. The number of carbonyl (C=O) groups is 1. The van der Waals surface area contributed by atoms with Gasteiger partial charge in [0.25, 0.3) is 0 Å². The lowest BCUT2D eigenvalue weighted by atomic mass is 9.58. The van der Waals surface area contributed by atoms with Crippen molar-refractivity contribution in [3.05, 3.63) is 35.9 Å². The Morgan fingerprint density at radius 1 is 1.19 bits per heavy atom. The molecule has 1 saturated heterocycles. The van der Waals surface area contributed by atoms with Crippen LogP contribution < -0.4 is 0 Å². The first-order chi connectivity index (χ1) is 10.2. The van der Waals surface area contributed by atoms with E-state index in [2.05, 4.69) is 17.0 Å². The van der Waals surface area contributed by atoms with Gasteiger partial charge in [0, 0.05) is 6.54 Å². The predicted octanol–water partition coefficient (Wildman–Crippen LogP) is 2.99. The van der Waals surface area contributed by atoms with E-state index in [1.54, 1.807) is 0 Å². The van der Waals surface area contributed by atoms with Crippen LogP contribution in [0, 0.1) is 5.92 Å². The number of nitrogens with zero attached hydrogens (tertiary/aromatic N) is 1. The second-order valence-corrected chi connectivity index (χ2v) is 6.58. The number of hydrogen-bond donors (Lipinski definition) is 0. The molecule has 0 aromatic heterocycles. The molecule has 21 heavy (non-hydrogen) atoms. The van der Waals surface area contributed by atoms with Crippen LogP contribution in [0.4, 0.5) is 0 Å². The highest BCUT2D eigenvalue weighted by Gasteiger charge is 2.52. The Hall–Kier alpha value is -1.35. The van der Waals surface area contributed by atoms with Crippen LogP contribution in [-0.2, 0) is 14.9 Å². The van der Waals surface area contributed by atoms with Gasteiger partial charge in [0.05, 0.1) is 12.5 Å². The van der Waals surface area contributed by atoms with Gasteiger partial charge >= 0.3 is 5.97 Å². The lowest BCUT2D eigenvalue weighted by molar-refractivity contribution is -0.154. The van der Waals surface area contributed by atoms with E-state index >= 15 is 0 Å². The van der Waals surface area contributed by atoms with E-state index in [0.29, 0.717) is 5.92 Å². The second kappa shape index (κ2) is 6.18. The first kappa shape index (κ1) is 14.6. The fraction of sp³-hybridized carbons (Fsp3) is 0.611. The maximum absolute atomic E-state index is 12.3. The van der Waals surface area contributed by atoms with Gasteiger partial charge in [-0.15, -0.1) is 0 Å². The standard InChI is InChI=1S/C18H25NO2/c1-21-17(20)18(16-8-4-2-5-9-16)12-15(13-18)14-19-10-6-3-7-11-19/h2,4-5,8-9,15H,3,6-7,10-14H2,1H3. The molecule has 1 aromatic carbocycles. The van der Waals surface area contributed by atoms with Crippen LogP contribution in [0.1, 0.15) is 37.7 Å². The molecule has 0 bridgehead atoms. The molecule has 0 N–H and O–H groups in total. The van der Waals surface area contributed by atoms with E-state index in [1.165, 1.54) is 39.5 Å². The number of likely N-dealkylation sites (tertiary alicyclic amines) is 1. The Balaban J connectivity index is 1.66. The molecule has 0 unspecified atom stereocenters. The van der Waals surface area contributed by atoms with E-state index in [-0.39, 0.29) is 5.97 Å². The van der Waals surface area contributed by atoms with Crippen LogP contribution >= 0.6 is 0 Å². The molecule has 0 atom stereocenters. The number of hydrogen-bond acceptors (Lipinski definition) is 3. The lowest BCUT2D eigenvalue weighted by Crippen LogP contribution is -2.52. The van der Waals surface area contributed by atoms with Crippen molar-refractivity contribution in [1.82, 2.24) is 4.90 Å². The minimum Gasteiger partial charge on any atom is -0.468 e. The van der Waals surface area contributed by atoms with Crippen molar-refractivity contribution in [2.24, 2.45) is 5.92 Å². The van der Waals surface area contributed by atoms with Crippen molar-refractivity contribution in [1.29, 1.82) is 0 Å². The van der Waals surface area contributed by atoms with Crippen LogP contribution in [-0.4, -0.2) is 37.6 Å². The number of piperidine rings is 1. The number of benzene rings is 1. The van der Waals surface area contributed by atoms with Gasteiger partial charge in [-0.1, -0.05) is 36.8 Å². The van der Waals surface area contributed by atoms with Gasteiger partial charge in [-0.3, -0.25) is 4.79 Å². The third-order valence-electron chi connectivity index (χ3n) is 5.14. The van der Waals surface area contributed by atoms with Gasteiger partial charge in [-0.2, -0.15) is 0 Å². The SMILES string of the molecule is COC(=O)C1(c2ccccc2)CC(CN2CCCCC2)C1. The van der Waals surface area contributed by atoms with Gasteiger partial charge in [-0.25, -0.2) is 0 Å². The van der Waals surface area contributed by atoms with Gasteiger partial charge in [0.1, 0.15) is 0 Å². The topological polar surface area (TPSA) is 29.5 Å². The average Bonchev–Trinajstić information content (AvgIpc) is 2.51. The van der Waals surface area contributed by atoms with E-state index in [4.69, 9.17) is 4.74 Å². The molecule has 0 spiro atoms. The van der Waals surface area contributed by atoms with Crippen molar-refractivity contribution in [2.75, 3.05) is 26.7 Å². The smallest absolute Gasteiger partial charge is 0.316 e. The van der Waals surface area contributed by atoms with Gasteiger partial charge < -0.3 is 9.64 Å². The predicted molar refractivity (Wildman–Crippen MR) is 83.2 cm³/mol. The zero-order chi connectivity index (χ0) is 14.7. The molecular formula is C18H25NO2. The quantitative estimate of drug-likeness (QED) is 0.797. The van der Waals surface area contributed by atoms with Crippen molar-refractivity contribution < 1.29 is 9.53 Å². The Labute approximate surface area is 127 Å². The zero-order valence-corrected chi connectivity index (χ0v) is 12.9. The Bertz CT molecular complexity index is 473. The van der Waals surface area contributed by atoms with E-state index in [9.17, 15) is 4.79 Å². The Morgan fingerprint density at radius 3 is 2.48 bits per heavy atom. The summed E-state index contributed by atoms with van der Waals surface area (Å²) in [6, 6.07) is 10.1. The van der Waals surface area contributed by atoms with E-state index in [1.807, 2.05) is 18.2 Å². The summed E-state index contributed by atoms with van der Waals surface area (Å²) in [6.07, 6.45) is 5.89. The summed E-state index contributed by atoms with van der Waals surface area (Å²) >= 11 is 0. The third kappa shape index (κ3) is 2.84. The van der Waals surface area contributed by atoms with Crippen LogP contribution in [0.15, 0.2) is 30.3 Å². The van der Waals surface area contributed by atoms with Crippen molar-refractivity contribution in [2.45, 2.75) is 37.5 Å². The minimum atomic E-state index is -0.392. The fourth-order valence-corrected chi connectivity index (χ4v) is 4.03. The van der Waals surface area contributed by atoms with Crippen LogP contribution in [0.25, 0.3) is 0 Å². The Morgan fingerprint density at radius 2 is 1.86 bits per heavy atom. The number of ether oxygens (including phenoxy) is 1. The largest absolute Gasteiger partial charge is 0.468 e. The summed E-state index contributed by atoms with van der Waals surface area (Å²) < 4.78 is 5.10. The molecule has 1 aliphatic carbocycles. The summed E-state index contributed by atoms with van der Waals surface area (Å²) in [5, 5.41) is 0. The Kier molecular flexibility index (Phi) is 4.29. The molecule has 0 radical (unpaired) electrons.